The van der Waals surface area contributed by atoms with E-state index in [9.17, 15) is 5.11 Å². The number of aliphatic hydroxyl groups is 1. The molecule has 15 heavy (non-hydrogen) atoms. The quantitative estimate of drug-likeness (QED) is 0.804. The molecule has 0 aliphatic carbocycles. The van der Waals surface area contributed by atoms with E-state index in [1.165, 1.54) is 11.5 Å². The first-order valence-electron chi connectivity index (χ1n) is 4.74. The van der Waals surface area contributed by atoms with Crippen LogP contribution in [0, 0.1) is 13.8 Å². The highest BCUT2D eigenvalue weighted by Crippen LogP contribution is 2.28. The molecule has 0 unspecified atom stereocenters. The van der Waals surface area contributed by atoms with E-state index >= 15 is 0 Å². The molecular weight excluding hydrogens is 210 g/mol. The Kier molecular flexibility index (Phi) is 2.68. The number of aliphatic hydroxyl groups excluding tert-OH is 1. The van der Waals surface area contributed by atoms with Crippen molar-refractivity contribution in [1.29, 1.82) is 0 Å². The third kappa shape index (κ3) is 1.52. The maximum absolute atomic E-state index is 9.27. The van der Waals surface area contributed by atoms with Crippen LogP contribution in [-0.2, 0) is 13.2 Å². The van der Waals surface area contributed by atoms with Crippen LogP contribution in [0.15, 0.2) is 0 Å². The number of pyridine rings is 1. The Morgan fingerprint density at radius 3 is 2.73 bits per heavy atom. The van der Waals surface area contributed by atoms with E-state index in [1.54, 1.807) is 0 Å². The van der Waals surface area contributed by atoms with Crippen molar-refractivity contribution >= 4 is 21.7 Å². The topological polar surface area (TPSA) is 72.0 Å². The number of fused-ring (bicyclic) bond motifs is 1. The minimum Gasteiger partial charge on any atom is -0.392 e. The van der Waals surface area contributed by atoms with Gasteiger partial charge in [0.05, 0.1) is 12.3 Å². The molecular formula is C10H13N3OS. The van der Waals surface area contributed by atoms with Crippen molar-refractivity contribution in [2.45, 2.75) is 27.0 Å². The molecule has 80 valence electrons. The van der Waals surface area contributed by atoms with Crippen molar-refractivity contribution in [1.82, 2.24) is 9.36 Å². The van der Waals surface area contributed by atoms with Crippen molar-refractivity contribution < 1.29 is 5.11 Å². The molecule has 0 aliphatic heterocycles. The fourth-order valence-electron chi connectivity index (χ4n) is 1.78. The normalized spacial score (nSPS) is 11.2. The molecule has 0 aromatic carbocycles. The van der Waals surface area contributed by atoms with Crippen LogP contribution in [0.25, 0.3) is 10.2 Å². The number of aryl methyl sites for hydroxylation is 2. The molecule has 0 atom stereocenters. The lowest BCUT2D eigenvalue weighted by molar-refractivity contribution is 0.280. The highest BCUT2D eigenvalue weighted by molar-refractivity contribution is 7.13. The van der Waals surface area contributed by atoms with Gasteiger partial charge in [-0.3, -0.25) is 0 Å². The van der Waals surface area contributed by atoms with Gasteiger partial charge in [0.2, 0.25) is 0 Å². The van der Waals surface area contributed by atoms with Crippen LogP contribution in [0.4, 0.5) is 0 Å². The van der Waals surface area contributed by atoms with Gasteiger partial charge in [-0.1, -0.05) is 0 Å². The number of aromatic nitrogens is 2. The zero-order chi connectivity index (χ0) is 11.0. The number of hydrogen-bond donors (Lipinski definition) is 2. The Morgan fingerprint density at radius 1 is 1.40 bits per heavy atom. The Labute approximate surface area is 91.9 Å². The predicted octanol–water partition coefficient (Wildman–Crippen LogP) is 1.26. The van der Waals surface area contributed by atoms with Crippen LogP contribution < -0.4 is 5.73 Å². The largest absolute Gasteiger partial charge is 0.392 e. The molecule has 0 saturated heterocycles. The van der Waals surface area contributed by atoms with Crippen LogP contribution in [0.3, 0.4) is 0 Å². The minimum absolute atomic E-state index is 0.0143. The Bertz CT molecular complexity index is 507. The SMILES string of the molecule is Cc1nc2snc(CN)c2c(C)c1CO. The second-order valence-corrected chi connectivity index (χ2v) is 4.22. The number of rotatable bonds is 2. The molecule has 2 aromatic rings. The second-order valence-electron chi connectivity index (χ2n) is 3.47. The Hall–Kier alpha value is -1.04. The van der Waals surface area contributed by atoms with Crippen molar-refractivity contribution in [3.05, 3.63) is 22.5 Å². The van der Waals surface area contributed by atoms with Crippen molar-refractivity contribution in [2.24, 2.45) is 5.73 Å². The molecule has 0 bridgehead atoms. The third-order valence-corrected chi connectivity index (χ3v) is 3.41. The maximum Gasteiger partial charge on any atom is 0.144 e. The summed E-state index contributed by atoms with van der Waals surface area (Å²) in [4.78, 5) is 5.32. The van der Waals surface area contributed by atoms with Crippen molar-refractivity contribution in [2.75, 3.05) is 0 Å². The van der Waals surface area contributed by atoms with Crippen LogP contribution in [0.2, 0.25) is 0 Å². The molecule has 0 saturated carbocycles. The van der Waals surface area contributed by atoms with E-state index in [1.807, 2.05) is 13.8 Å². The van der Waals surface area contributed by atoms with Gasteiger partial charge in [0, 0.05) is 23.2 Å². The third-order valence-electron chi connectivity index (χ3n) is 2.63. The standard InChI is InChI=1S/C10H13N3OS/c1-5-7(4-14)6(2)12-10-9(5)8(3-11)13-15-10/h14H,3-4,11H2,1-2H3. The molecule has 4 nitrogen and oxygen atoms in total. The van der Waals surface area contributed by atoms with Gasteiger partial charge in [-0.15, -0.1) is 0 Å². The highest BCUT2D eigenvalue weighted by Gasteiger charge is 2.13. The second kappa shape index (κ2) is 3.84. The lowest BCUT2D eigenvalue weighted by atomic mass is 10.0. The zero-order valence-corrected chi connectivity index (χ0v) is 9.56. The van der Waals surface area contributed by atoms with Gasteiger partial charge in [-0.05, 0) is 30.9 Å². The summed E-state index contributed by atoms with van der Waals surface area (Å²) in [6.07, 6.45) is 0. The summed E-state index contributed by atoms with van der Waals surface area (Å²) in [5.41, 5.74) is 9.29. The fourth-order valence-corrected chi connectivity index (χ4v) is 2.68. The van der Waals surface area contributed by atoms with Crippen LogP contribution in [-0.4, -0.2) is 14.5 Å². The van der Waals surface area contributed by atoms with E-state index < -0.39 is 0 Å². The molecule has 5 heteroatoms. The van der Waals surface area contributed by atoms with Gasteiger partial charge in [0.15, 0.2) is 0 Å². The summed E-state index contributed by atoms with van der Waals surface area (Å²) < 4.78 is 4.26. The molecule has 0 aliphatic rings. The van der Waals surface area contributed by atoms with E-state index in [4.69, 9.17) is 5.73 Å². The number of hydrogen-bond acceptors (Lipinski definition) is 5. The lowest BCUT2D eigenvalue weighted by Crippen LogP contribution is -2.01. The van der Waals surface area contributed by atoms with Gasteiger partial charge in [0.25, 0.3) is 0 Å². The van der Waals surface area contributed by atoms with E-state index in [0.717, 1.165) is 32.7 Å². The Balaban J connectivity index is 2.83. The Morgan fingerprint density at radius 2 is 2.13 bits per heavy atom. The molecule has 0 spiro atoms. The summed E-state index contributed by atoms with van der Waals surface area (Å²) in [7, 11) is 0. The number of nitrogens with two attached hydrogens (primary N) is 1. The van der Waals surface area contributed by atoms with Gasteiger partial charge in [0.1, 0.15) is 4.83 Å². The smallest absolute Gasteiger partial charge is 0.144 e. The van der Waals surface area contributed by atoms with E-state index in [0.29, 0.717) is 6.54 Å². The first kappa shape index (κ1) is 10.5. The number of nitrogens with zero attached hydrogens (tertiary/aromatic N) is 2. The molecule has 2 heterocycles. The highest BCUT2D eigenvalue weighted by atomic mass is 32.1. The first-order valence-corrected chi connectivity index (χ1v) is 5.51. The molecule has 2 rings (SSSR count). The minimum atomic E-state index is 0.0143. The zero-order valence-electron chi connectivity index (χ0n) is 8.74. The maximum atomic E-state index is 9.27. The predicted molar refractivity (Wildman–Crippen MR) is 60.7 cm³/mol. The summed E-state index contributed by atoms with van der Waals surface area (Å²) in [6.45, 7) is 4.31. The summed E-state index contributed by atoms with van der Waals surface area (Å²) >= 11 is 1.36. The molecule has 3 N–H and O–H groups in total. The average molecular weight is 223 g/mol. The van der Waals surface area contributed by atoms with Gasteiger partial charge in [-0.25, -0.2) is 4.98 Å². The molecule has 0 radical (unpaired) electrons. The van der Waals surface area contributed by atoms with E-state index in [-0.39, 0.29) is 6.61 Å². The summed E-state index contributed by atoms with van der Waals surface area (Å²) in [5.74, 6) is 0. The van der Waals surface area contributed by atoms with Crippen LogP contribution in [0.1, 0.15) is 22.5 Å². The summed E-state index contributed by atoms with van der Waals surface area (Å²) in [5, 5.41) is 10.3. The molecule has 0 fully saturated rings. The van der Waals surface area contributed by atoms with Gasteiger partial charge >= 0.3 is 0 Å². The van der Waals surface area contributed by atoms with E-state index in [2.05, 4.69) is 9.36 Å². The molecule has 2 aromatic heterocycles. The molecule has 0 amide bonds. The van der Waals surface area contributed by atoms with Gasteiger partial charge < -0.3 is 10.8 Å². The van der Waals surface area contributed by atoms with Crippen LogP contribution in [0.5, 0.6) is 0 Å². The monoisotopic (exact) mass is 223 g/mol. The fraction of sp³-hybridized carbons (Fsp3) is 0.400. The van der Waals surface area contributed by atoms with Gasteiger partial charge in [-0.2, -0.15) is 4.37 Å². The lowest BCUT2D eigenvalue weighted by Gasteiger charge is -2.07. The first-order chi connectivity index (χ1) is 7.19. The average Bonchev–Trinajstić information content (AvgIpc) is 2.61. The van der Waals surface area contributed by atoms with Crippen LogP contribution >= 0.6 is 11.5 Å². The van der Waals surface area contributed by atoms with Crippen molar-refractivity contribution in [3.8, 4) is 0 Å². The van der Waals surface area contributed by atoms with Crippen molar-refractivity contribution in [3.63, 3.8) is 0 Å². The summed E-state index contributed by atoms with van der Waals surface area (Å²) in [6, 6.07) is 0.